The molecule has 4 N–H and O–H groups in total. The number of carboxylic acid groups (broad SMARTS) is 1. The fourth-order valence-corrected chi connectivity index (χ4v) is 6.35. The van der Waals surface area contributed by atoms with E-state index in [1.54, 1.807) is 26.4 Å². The molecule has 2 atom stereocenters. The van der Waals surface area contributed by atoms with Gasteiger partial charge in [-0.2, -0.15) is 0 Å². The van der Waals surface area contributed by atoms with Gasteiger partial charge in [-0.3, -0.25) is 14.5 Å². The van der Waals surface area contributed by atoms with Crippen LogP contribution in [0, 0.1) is 12.8 Å². The molecule has 11 nitrogen and oxygen atoms in total. The highest BCUT2D eigenvalue weighted by Crippen LogP contribution is 2.42. The summed E-state index contributed by atoms with van der Waals surface area (Å²) in [6.07, 6.45) is 1.36. The molecule has 4 rings (SSSR count). The van der Waals surface area contributed by atoms with Gasteiger partial charge in [0.05, 0.1) is 39.0 Å². The first-order chi connectivity index (χ1) is 22.0. The Bertz CT molecular complexity index is 1550. The van der Waals surface area contributed by atoms with Gasteiger partial charge in [0.1, 0.15) is 5.75 Å². The van der Waals surface area contributed by atoms with E-state index in [9.17, 15) is 19.5 Å². The Hall–Kier alpha value is -4.77. The number of likely N-dealkylation sites (tertiary alicyclic amines) is 1. The number of piperidine rings is 1. The number of amides is 3. The average molecular weight is 633 g/mol. The maximum atomic E-state index is 12.8. The van der Waals surface area contributed by atoms with Crippen LogP contribution in [0.2, 0.25) is 0 Å². The zero-order chi connectivity index (χ0) is 33.4. The van der Waals surface area contributed by atoms with Gasteiger partial charge in [-0.25, -0.2) is 4.79 Å². The van der Waals surface area contributed by atoms with Crippen LogP contribution in [0.25, 0.3) is 0 Å². The fourth-order valence-electron chi connectivity index (χ4n) is 6.35. The molecule has 46 heavy (non-hydrogen) atoms. The molecule has 1 fully saturated rings. The minimum absolute atomic E-state index is 0.0383. The van der Waals surface area contributed by atoms with Crippen LogP contribution in [0.3, 0.4) is 0 Å². The lowest BCUT2D eigenvalue weighted by molar-refractivity contribution is -0.138. The predicted molar refractivity (Wildman–Crippen MR) is 177 cm³/mol. The molecule has 0 bridgehead atoms. The van der Waals surface area contributed by atoms with E-state index >= 15 is 0 Å². The van der Waals surface area contributed by atoms with Crippen molar-refractivity contribution in [1.29, 1.82) is 0 Å². The number of nitrogens with zero attached hydrogens (tertiary/aromatic N) is 1. The quantitative estimate of drug-likeness (QED) is 0.192. The topological polar surface area (TPSA) is 138 Å². The second-order valence-corrected chi connectivity index (χ2v) is 11.7. The predicted octanol–water partition coefficient (Wildman–Crippen LogP) is 5.94. The van der Waals surface area contributed by atoms with Gasteiger partial charge in [0.25, 0.3) is 0 Å². The van der Waals surface area contributed by atoms with Crippen molar-refractivity contribution in [3.63, 3.8) is 0 Å². The number of carboxylic acids is 1. The number of aliphatic carboxylic acids is 1. The van der Waals surface area contributed by atoms with E-state index in [2.05, 4.69) is 20.9 Å². The molecule has 2 unspecified atom stereocenters. The maximum Gasteiger partial charge on any atom is 0.323 e. The van der Waals surface area contributed by atoms with Crippen LogP contribution in [-0.4, -0.2) is 62.3 Å². The van der Waals surface area contributed by atoms with Crippen molar-refractivity contribution in [3.8, 4) is 17.2 Å². The van der Waals surface area contributed by atoms with Gasteiger partial charge in [-0.1, -0.05) is 30.3 Å². The van der Waals surface area contributed by atoms with E-state index in [1.807, 2.05) is 62.4 Å². The second kappa shape index (κ2) is 15.0. The number of anilines is 2. The lowest BCUT2D eigenvalue weighted by Gasteiger charge is -2.45. The highest BCUT2D eigenvalue weighted by molar-refractivity contribution is 6.01. The van der Waals surface area contributed by atoms with Crippen molar-refractivity contribution in [2.75, 3.05) is 45.1 Å². The molecule has 3 aromatic rings. The number of ether oxygens (including phenoxy) is 3. The Morgan fingerprint density at radius 2 is 1.54 bits per heavy atom. The Labute approximate surface area is 270 Å². The number of carbonyl (C=O) groups is 3. The lowest BCUT2D eigenvalue weighted by Crippen LogP contribution is -2.52. The minimum atomic E-state index is -0.890. The van der Waals surface area contributed by atoms with Gasteiger partial charge >= 0.3 is 12.0 Å². The molecule has 0 radical (unpaired) electrons. The standard InChI is InChI=1S/C35H44N4O7/c1-22-9-7-8-10-27(22)36-34(43)37-28-13-12-26(20-31(28)45-5)35(3,38-23(2)40)25-15-17-39(18-16-25)29(21-33(41)42)24-11-14-30(44-4)32(19-24)46-6/h7-14,19-20,25,29H,15-18,21H2,1-6H3,(H,38,40)(H,41,42)(H2,36,37,43). The SMILES string of the molecule is COc1cc(C(C)(NC(C)=O)C2CCN(C(CC(=O)O)c3ccc(OC)c(OC)c3)CC2)ccc1NC(=O)Nc1ccccc1C. The van der Waals surface area contributed by atoms with Gasteiger partial charge in [-0.05, 0) is 92.7 Å². The summed E-state index contributed by atoms with van der Waals surface area (Å²) < 4.78 is 16.5. The second-order valence-electron chi connectivity index (χ2n) is 11.7. The van der Waals surface area contributed by atoms with Gasteiger partial charge < -0.3 is 35.3 Å². The van der Waals surface area contributed by atoms with Crippen molar-refractivity contribution in [2.45, 2.75) is 51.6 Å². The number of urea groups is 1. The summed E-state index contributed by atoms with van der Waals surface area (Å²) in [5, 5.41) is 18.7. The summed E-state index contributed by atoms with van der Waals surface area (Å²) in [5.41, 5.74) is 3.06. The number of hydrogen-bond acceptors (Lipinski definition) is 7. The number of rotatable bonds is 12. The Morgan fingerprint density at radius 3 is 2.15 bits per heavy atom. The highest BCUT2D eigenvalue weighted by Gasteiger charge is 2.40. The molecule has 1 saturated heterocycles. The van der Waals surface area contributed by atoms with Crippen LogP contribution in [0.15, 0.2) is 60.7 Å². The summed E-state index contributed by atoms with van der Waals surface area (Å²) in [7, 11) is 4.65. The first-order valence-corrected chi connectivity index (χ1v) is 15.3. The molecule has 3 amide bonds. The highest BCUT2D eigenvalue weighted by atomic mass is 16.5. The van der Waals surface area contributed by atoms with Crippen LogP contribution >= 0.6 is 0 Å². The fraction of sp³-hybridized carbons (Fsp3) is 0.400. The zero-order valence-electron chi connectivity index (χ0n) is 27.3. The van der Waals surface area contributed by atoms with Crippen LogP contribution in [-0.2, 0) is 15.1 Å². The van der Waals surface area contributed by atoms with Crippen molar-refractivity contribution in [1.82, 2.24) is 10.2 Å². The van der Waals surface area contributed by atoms with E-state index < -0.39 is 17.5 Å². The molecule has 1 aliphatic heterocycles. The van der Waals surface area contributed by atoms with E-state index in [4.69, 9.17) is 14.2 Å². The molecule has 0 aromatic heterocycles. The van der Waals surface area contributed by atoms with Crippen molar-refractivity contribution in [2.24, 2.45) is 5.92 Å². The number of methoxy groups -OCH3 is 3. The lowest BCUT2D eigenvalue weighted by atomic mass is 9.74. The van der Waals surface area contributed by atoms with Gasteiger partial charge in [0.15, 0.2) is 11.5 Å². The van der Waals surface area contributed by atoms with Crippen LogP contribution < -0.4 is 30.2 Å². The number of carbonyl (C=O) groups excluding carboxylic acids is 2. The van der Waals surface area contributed by atoms with E-state index in [0.717, 1.165) is 16.7 Å². The van der Waals surface area contributed by atoms with Crippen molar-refractivity contribution < 1.29 is 33.7 Å². The maximum absolute atomic E-state index is 12.8. The number of aryl methyl sites for hydroxylation is 1. The van der Waals surface area contributed by atoms with Crippen LogP contribution in [0.5, 0.6) is 17.2 Å². The number of nitrogens with one attached hydrogen (secondary N) is 3. The molecule has 11 heteroatoms. The largest absolute Gasteiger partial charge is 0.495 e. The molecule has 246 valence electrons. The third-order valence-corrected chi connectivity index (χ3v) is 8.83. The summed E-state index contributed by atoms with van der Waals surface area (Å²) in [4.78, 5) is 39.4. The summed E-state index contributed by atoms with van der Waals surface area (Å²) in [5.74, 6) is 0.561. The van der Waals surface area contributed by atoms with Crippen molar-refractivity contribution in [3.05, 3.63) is 77.4 Å². The normalized spacial score (nSPS) is 15.6. The third kappa shape index (κ3) is 7.89. The molecule has 0 saturated carbocycles. The monoisotopic (exact) mass is 632 g/mol. The molecule has 0 spiro atoms. The summed E-state index contributed by atoms with van der Waals surface area (Å²) in [6, 6.07) is 17.8. The van der Waals surface area contributed by atoms with E-state index in [0.29, 0.717) is 54.6 Å². The Kier molecular flexibility index (Phi) is 11.1. The molecule has 1 aliphatic rings. The first kappa shape index (κ1) is 34.1. The third-order valence-electron chi connectivity index (χ3n) is 8.83. The van der Waals surface area contributed by atoms with Crippen LogP contribution in [0.4, 0.5) is 16.2 Å². The summed E-state index contributed by atoms with van der Waals surface area (Å²) >= 11 is 0. The number of hydrogen-bond donors (Lipinski definition) is 4. The van der Waals surface area contributed by atoms with E-state index in [1.165, 1.54) is 14.0 Å². The molecule has 3 aromatic carbocycles. The van der Waals surface area contributed by atoms with E-state index in [-0.39, 0.29) is 24.3 Å². The van der Waals surface area contributed by atoms with Gasteiger partial charge in [-0.15, -0.1) is 0 Å². The van der Waals surface area contributed by atoms with Gasteiger partial charge in [0.2, 0.25) is 5.91 Å². The summed E-state index contributed by atoms with van der Waals surface area (Å²) in [6.45, 7) is 6.67. The van der Waals surface area contributed by atoms with Crippen molar-refractivity contribution >= 4 is 29.3 Å². The molecular weight excluding hydrogens is 588 g/mol. The number of para-hydroxylation sites is 1. The minimum Gasteiger partial charge on any atom is -0.495 e. The Balaban J connectivity index is 1.55. The first-order valence-electron chi connectivity index (χ1n) is 15.3. The Morgan fingerprint density at radius 1 is 0.891 bits per heavy atom. The smallest absolute Gasteiger partial charge is 0.323 e. The van der Waals surface area contributed by atoms with Gasteiger partial charge in [0, 0.05) is 18.7 Å². The van der Waals surface area contributed by atoms with Crippen LogP contribution in [0.1, 0.15) is 55.8 Å². The zero-order valence-corrected chi connectivity index (χ0v) is 27.3. The molecule has 1 heterocycles. The molecular formula is C35H44N4O7. The molecule has 0 aliphatic carbocycles. The number of benzene rings is 3. The average Bonchev–Trinajstić information content (AvgIpc) is 3.04.